The maximum absolute atomic E-state index is 13.2. The molecule has 5 aromatic rings. The fourth-order valence-electron chi connectivity index (χ4n) is 4.02. The largest absolute Gasteiger partial charge is 0.426 e. The zero-order chi connectivity index (χ0) is 24.2. The molecule has 0 spiro atoms. The number of ether oxygens (including phenoxy) is 1. The number of nitrogens with zero attached hydrogens (tertiary/aromatic N) is 2. The minimum Gasteiger partial charge on any atom is -0.426 e. The van der Waals surface area contributed by atoms with Gasteiger partial charge in [-0.3, -0.25) is 9.20 Å². The van der Waals surface area contributed by atoms with E-state index in [0.29, 0.717) is 29.1 Å². The maximum atomic E-state index is 13.2. The molecule has 2 heterocycles. The van der Waals surface area contributed by atoms with Crippen molar-refractivity contribution >= 4 is 17.4 Å². The number of imidazole rings is 1. The predicted octanol–water partition coefficient (Wildman–Crippen LogP) is 6.21. The van der Waals surface area contributed by atoms with Crippen molar-refractivity contribution in [1.29, 1.82) is 0 Å². The van der Waals surface area contributed by atoms with Crippen LogP contribution in [0.15, 0.2) is 97.2 Å². The van der Waals surface area contributed by atoms with Gasteiger partial charge in [0.2, 0.25) is 0 Å². The summed E-state index contributed by atoms with van der Waals surface area (Å²) >= 11 is 0. The van der Waals surface area contributed by atoms with Gasteiger partial charge < -0.3 is 10.1 Å². The molecule has 6 heteroatoms. The van der Waals surface area contributed by atoms with E-state index in [4.69, 9.17) is 9.72 Å². The summed E-state index contributed by atoms with van der Waals surface area (Å²) in [6.45, 7) is 2.63. The Balaban J connectivity index is 1.49. The number of hydrogen-bond acceptors (Lipinski definition) is 4. The fraction of sp³-hybridized carbons (Fsp3) is 0.103. The van der Waals surface area contributed by atoms with Gasteiger partial charge in [-0.05, 0) is 53.9 Å². The van der Waals surface area contributed by atoms with Gasteiger partial charge in [0.15, 0.2) is 0 Å². The van der Waals surface area contributed by atoms with Crippen molar-refractivity contribution in [3.05, 3.63) is 120 Å². The maximum Gasteiger partial charge on any atom is 0.315 e. The van der Waals surface area contributed by atoms with E-state index in [1.807, 2.05) is 66.1 Å². The Morgan fingerprint density at radius 2 is 1.66 bits per heavy atom. The van der Waals surface area contributed by atoms with Crippen molar-refractivity contribution in [3.63, 3.8) is 0 Å². The summed E-state index contributed by atoms with van der Waals surface area (Å²) in [6, 6.07) is 27.3. The lowest BCUT2D eigenvalue weighted by molar-refractivity contribution is -0.133. The number of halogens is 1. The van der Waals surface area contributed by atoms with E-state index in [0.717, 1.165) is 22.6 Å². The number of carbonyl (C=O) groups excluding carboxylic acids is 1. The molecule has 0 radical (unpaired) electrons. The summed E-state index contributed by atoms with van der Waals surface area (Å²) in [5.41, 5.74) is 5.08. The molecule has 0 aliphatic carbocycles. The molecule has 5 nitrogen and oxygen atoms in total. The van der Waals surface area contributed by atoms with Crippen LogP contribution in [0, 0.1) is 12.7 Å². The average molecular weight is 466 g/mol. The number of fused-ring (bicyclic) bond motifs is 1. The summed E-state index contributed by atoms with van der Waals surface area (Å²) in [5.74, 6) is 0.464. The highest BCUT2D eigenvalue weighted by Gasteiger charge is 2.20. The highest BCUT2D eigenvalue weighted by molar-refractivity contribution is 5.84. The highest BCUT2D eigenvalue weighted by atomic mass is 19.1. The third-order valence-electron chi connectivity index (χ3n) is 5.78. The van der Waals surface area contributed by atoms with Gasteiger partial charge >= 0.3 is 5.97 Å². The Morgan fingerprint density at radius 3 is 2.46 bits per heavy atom. The van der Waals surface area contributed by atoms with E-state index < -0.39 is 5.97 Å². The van der Waals surface area contributed by atoms with E-state index in [1.54, 1.807) is 18.2 Å². The second-order valence-corrected chi connectivity index (χ2v) is 8.31. The summed E-state index contributed by atoms with van der Waals surface area (Å²) in [7, 11) is 0. The standard InChI is InChI=1S/C29H24FN3O2/c1-20-8-7-17-33-28(20)32-27(29(33)31-19-22-9-3-2-4-10-22)24-11-5-6-12-25(24)35-26(34)18-21-13-15-23(30)16-14-21/h2-17,31H,18-19H2,1H3. The Morgan fingerprint density at radius 1 is 0.914 bits per heavy atom. The molecular weight excluding hydrogens is 441 g/mol. The molecule has 0 amide bonds. The van der Waals surface area contributed by atoms with Gasteiger partial charge in [-0.1, -0.05) is 60.7 Å². The molecule has 0 bridgehead atoms. The number of carbonyl (C=O) groups is 1. The molecule has 2 aromatic heterocycles. The molecule has 0 saturated heterocycles. The number of hydrogen-bond donors (Lipinski definition) is 1. The highest BCUT2D eigenvalue weighted by Crippen LogP contribution is 2.36. The van der Waals surface area contributed by atoms with Crippen molar-refractivity contribution < 1.29 is 13.9 Å². The smallest absolute Gasteiger partial charge is 0.315 e. The van der Waals surface area contributed by atoms with Gasteiger partial charge in [0.1, 0.15) is 28.7 Å². The van der Waals surface area contributed by atoms with Crippen LogP contribution in [0.2, 0.25) is 0 Å². The third-order valence-corrected chi connectivity index (χ3v) is 5.78. The number of rotatable bonds is 7. The number of pyridine rings is 1. The number of esters is 1. The number of para-hydroxylation sites is 1. The number of benzene rings is 3. The van der Waals surface area contributed by atoms with Gasteiger partial charge in [-0.15, -0.1) is 0 Å². The van der Waals surface area contributed by atoms with E-state index in [1.165, 1.54) is 12.1 Å². The first-order chi connectivity index (χ1) is 17.1. The molecule has 35 heavy (non-hydrogen) atoms. The summed E-state index contributed by atoms with van der Waals surface area (Å²) in [4.78, 5) is 17.6. The number of aryl methyl sites for hydroxylation is 1. The normalized spacial score (nSPS) is 10.9. The van der Waals surface area contributed by atoms with Crippen LogP contribution in [0.1, 0.15) is 16.7 Å². The lowest BCUT2D eigenvalue weighted by atomic mass is 10.1. The first kappa shape index (κ1) is 22.3. The van der Waals surface area contributed by atoms with E-state index in [2.05, 4.69) is 17.4 Å². The van der Waals surface area contributed by atoms with Crippen molar-refractivity contribution in [2.45, 2.75) is 19.9 Å². The van der Waals surface area contributed by atoms with Crippen LogP contribution in [0.4, 0.5) is 10.2 Å². The summed E-state index contributed by atoms with van der Waals surface area (Å²) in [5, 5.41) is 3.53. The molecule has 5 rings (SSSR count). The first-order valence-corrected chi connectivity index (χ1v) is 11.4. The van der Waals surface area contributed by atoms with Crippen molar-refractivity contribution in [2.24, 2.45) is 0 Å². The van der Waals surface area contributed by atoms with Crippen LogP contribution >= 0.6 is 0 Å². The molecule has 0 aliphatic heterocycles. The Hall–Kier alpha value is -4.45. The van der Waals surface area contributed by atoms with Crippen LogP contribution in [-0.4, -0.2) is 15.4 Å². The van der Waals surface area contributed by atoms with Gasteiger partial charge in [0.05, 0.1) is 6.42 Å². The minimum atomic E-state index is -0.428. The second kappa shape index (κ2) is 9.81. The SMILES string of the molecule is Cc1cccn2c(NCc3ccccc3)c(-c3ccccc3OC(=O)Cc3ccc(F)cc3)nc12. The molecule has 0 unspecified atom stereocenters. The average Bonchev–Trinajstić information content (AvgIpc) is 3.25. The topological polar surface area (TPSA) is 55.6 Å². The molecule has 1 N–H and O–H groups in total. The van der Waals surface area contributed by atoms with Crippen LogP contribution in [-0.2, 0) is 17.8 Å². The van der Waals surface area contributed by atoms with Crippen LogP contribution in [0.25, 0.3) is 16.9 Å². The van der Waals surface area contributed by atoms with Gasteiger partial charge in [0.25, 0.3) is 0 Å². The summed E-state index contributed by atoms with van der Waals surface area (Å²) in [6.07, 6.45) is 2.01. The first-order valence-electron chi connectivity index (χ1n) is 11.4. The molecule has 174 valence electrons. The number of nitrogens with one attached hydrogen (secondary N) is 1. The second-order valence-electron chi connectivity index (χ2n) is 8.31. The quantitative estimate of drug-likeness (QED) is 0.229. The Bertz CT molecular complexity index is 1480. The number of anilines is 1. The minimum absolute atomic E-state index is 0.0397. The van der Waals surface area contributed by atoms with Gasteiger partial charge in [0, 0.05) is 18.3 Å². The predicted molar refractivity (Wildman–Crippen MR) is 135 cm³/mol. The number of aromatic nitrogens is 2. The molecule has 0 atom stereocenters. The van der Waals surface area contributed by atoms with Crippen molar-refractivity contribution in [2.75, 3.05) is 5.32 Å². The van der Waals surface area contributed by atoms with Crippen LogP contribution in [0.3, 0.4) is 0 Å². The Labute approximate surface area is 202 Å². The van der Waals surface area contributed by atoms with Gasteiger partial charge in [-0.25, -0.2) is 9.37 Å². The molecule has 0 saturated carbocycles. The van der Waals surface area contributed by atoms with E-state index >= 15 is 0 Å². The lowest BCUT2D eigenvalue weighted by Gasteiger charge is -2.12. The molecule has 3 aromatic carbocycles. The molecule has 0 fully saturated rings. The monoisotopic (exact) mass is 465 g/mol. The fourth-order valence-corrected chi connectivity index (χ4v) is 4.02. The van der Waals surface area contributed by atoms with Crippen molar-refractivity contribution in [3.8, 4) is 17.0 Å². The van der Waals surface area contributed by atoms with Crippen LogP contribution in [0.5, 0.6) is 5.75 Å². The Kier molecular flexibility index (Phi) is 6.26. The lowest BCUT2D eigenvalue weighted by Crippen LogP contribution is -2.12. The van der Waals surface area contributed by atoms with Crippen LogP contribution < -0.4 is 10.1 Å². The third kappa shape index (κ3) is 4.92. The summed E-state index contributed by atoms with van der Waals surface area (Å²) < 4.78 is 21.0. The molecule has 0 aliphatic rings. The van der Waals surface area contributed by atoms with E-state index in [-0.39, 0.29) is 12.2 Å². The van der Waals surface area contributed by atoms with Crippen molar-refractivity contribution in [1.82, 2.24) is 9.38 Å². The van der Waals surface area contributed by atoms with E-state index in [9.17, 15) is 9.18 Å². The zero-order valence-electron chi connectivity index (χ0n) is 19.2. The molecular formula is C29H24FN3O2. The van der Waals surface area contributed by atoms with Gasteiger partial charge in [-0.2, -0.15) is 0 Å². The zero-order valence-corrected chi connectivity index (χ0v) is 19.2.